The predicted molar refractivity (Wildman–Crippen MR) is 120 cm³/mol. The van der Waals surface area contributed by atoms with Crippen molar-refractivity contribution in [3.05, 3.63) is 101 Å². The van der Waals surface area contributed by atoms with Crippen LogP contribution < -0.4 is 4.74 Å². The zero-order chi connectivity index (χ0) is 21.2. The molecule has 0 bridgehead atoms. The summed E-state index contributed by atoms with van der Waals surface area (Å²) in [6.45, 7) is 1.72. The van der Waals surface area contributed by atoms with Gasteiger partial charge in [0.2, 0.25) is 0 Å². The number of benzene rings is 3. The zero-order valence-electron chi connectivity index (χ0n) is 17.1. The third kappa shape index (κ3) is 7.54. The van der Waals surface area contributed by atoms with Crippen LogP contribution in [-0.2, 0) is 22.5 Å². The summed E-state index contributed by atoms with van der Waals surface area (Å²) in [5.74, 6) is 0.279. The van der Waals surface area contributed by atoms with E-state index in [4.69, 9.17) is 21.1 Å². The number of ether oxygens (including phenoxy) is 2. The van der Waals surface area contributed by atoms with Crippen molar-refractivity contribution in [2.75, 3.05) is 26.8 Å². The lowest BCUT2D eigenvalue weighted by Crippen LogP contribution is -2.25. The summed E-state index contributed by atoms with van der Waals surface area (Å²) in [5.41, 5.74) is 3.58. The van der Waals surface area contributed by atoms with Gasteiger partial charge in [-0.3, -0.25) is 4.90 Å². The fourth-order valence-electron chi connectivity index (χ4n) is 3.01. The van der Waals surface area contributed by atoms with Gasteiger partial charge in [0.25, 0.3) is 0 Å². The molecular weight excluding hydrogens is 398 g/mol. The van der Waals surface area contributed by atoms with Crippen LogP contribution in [0.15, 0.2) is 78.9 Å². The standard InChI is InChI=1S/C25H26ClNO3/c1-27(18-22-5-3-2-4-6-22)15-16-29-25(28)19-30-24-13-9-21(10-14-24)17-20-7-11-23(26)12-8-20/h2-14H,15-19H2,1H3. The average molecular weight is 424 g/mol. The van der Waals surface area contributed by atoms with Crippen LogP contribution in [0, 0.1) is 0 Å². The van der Waals surface area contributed by atoms with Crippen LogP contribution in [0.3, 0.4) is 0 Å². The molecule has 0 aliphatic rings. The lowest BCUT2D eigenvalue weighted by Gasteiger charge is -2.16. The summed E-state index contributed by atoms with van der Waals surface area (Å²) in [5, 5.41) is 0.734. The lowest BCUT2D eigenvalue weighted by molar-refractivity contribution is -0.146. The number of hydrogen-bond donors (Lipinski definition) is 0. The zero-order valence-corrected chi connectivity index (χ0v) is 17.8. The van der Waals surface area contributed by atoms with Crippen molar-refractivity contribution in [2.24, 2.45) is 0 Å². The molecule has 0 aromatic heterocycles. The first-order valence-corrected chi connectivity index (χ1v) is 10.3. The second-order valence-corrected chi connectivity index (χ2v) is 7.62. The van der Waals surface area contributed by atoms with Crippen LogP contribution in [0.1, 0.15) is 16.7 Å². The Labute approximate surface area is 183 Å². The second-order valence-electron chi connectivity index (χ2n) is 7.18. The number of rotatable bonds is 10. The fraction of sp³-hybridized carbons (Fsp3) is 0.240. The Hall–Kier alpha value is -2.82. The molecule has 0 saturated carbocycles. The van der Waals surface area contributed by atoms with E-state index in [0.29, 0.717) is 18.9 Å². The van der Waals surface area contributed by atoms with Crippen molar-refractivity contribution in [3.8, 4) is 5.75 Å². The molecule has 0 atom stereocenters. The summed E-state index contributed by atoms with van der Waals surface area (Å²) in [7, 11) is 2.00. The van der Waals surface area contributed by atoms with E-state index in [1.165, 1.54) is 11.1 Å². The maximum absolute atomic E-state index is 11.9. The van der Waals surface area contributed by atoms with Crippen LogP contribution in [0.2, 0.25) is 5.02 Å². The molecule has 3 aromatic carbocycles. The quantitative estimate of drug-likeness (QED) is 0.431. The summed E-state index contributed by atoms with van der Waals surface area (Å²) in [6, 6.07) is 25.7. The monoisotopic (exact) mass is 423 g/mol. The van der Waals surface area contributed by atoms with Gasteiger partial charge >= 0.3 is 5.97 Å². The van der Waals surface area contributed by atoms with Crippen LogP contribution in [0.4, 0.5) is 0 Å². The third-order valence-corrected chi connectivity index (χ3v) is 4.88. The van der Waals surface area contributed by atoms with Gasteiger partial charge in [-0.05, 0) is 54.4 Å². The second kappa shape index (κ2) is 11.4. The van der Waals surface area contributed by atoms with Crippen LogP contribution in [-0.4, -0.2) is 37.7 Å². The Morgan fingerprint density at radius 2 is 1.50 bits per heavy atom. The summed E-state index contributed by atoms with van der Waals surface area (Å²) < 4.78 is 10.8. The fourth-order valence-corrected chi connectivity index (χ4v) is 3.14. The van der Waals surface area contributed by atoms with Gasteiger partial charge in [0.1, 0.15) is 12.4 Å². The van der Waals surface area contributed by atoms with Crippen molar-refractivity contribution in [2.45, 2.75) is 13.0 Å². The predicted octanol–water partition coefficient (Wildman–Crippen LogP) is 4.98. The molecule has 0 amide bonds. The molecule has 3 rings (SSSR count). The highest BCUT2D eigenvalue weighted by atomic mass is 35.5. The van der Waals surface area contributed by atoms with E-state index in [1.807, 2.05) is 73.8 Å². The maximum atomic E-state index is 11.9. The van der Waals surface area contributed by atoms with Gasteiger partial charge < -0.3 is 9.47 Å². The highest BCUT2D eigenvalue weighted by molar-refractivity contribution is 6.30. The van der Waals surface area contributed by atoms with Crippen molar-refractivity contribution >= 4 is 17.6 Å². The molecule has 5 heteroatoms. The van der Waals surface area contributed by atoms with Gasteiger partial charge in [-0.15, -0.1) is 0 Å². The summed E-state index contributed by atoms with van der Waals surface area (Å²) >= 11 is 5.92. The molecule has 0 aliphatic heterocycles. The van der Waals surface area contributed by atoms with Gasteiger partial charge in [0, 0.05) is 18.1 Å². The third-order valence-electron chi connectivity index (χ3n) is 4.63. The van der Waals surface area contributed by atoms with Crippen molar-refractivity contribution in [3.63, 3.8) is 0 Å². The van der Waals surface area contributed by atoms with Gasteiger partial charge in [-0.2, -0.15) is 0 Å². The molecule has 0 unspecified atom stereocenters. The number of carbonyl (C=O) groups excluding carboxylic acids is 1. The molecule has 0 aliphatic carbocycles. The minimum Gasteiger partial charge on any atom is -0.482 e. The van der Waals surface area contributed by atoms with Crippen LogP contribution >= 0.6 is 11.6 Å². The van der Waals surface area contributed by atoms with Gasteiger partial charge in [0.15, 0.2) is 6.61 Å². The first-order chi connectivity index (χ1) is 14.6. The van der Waals surface area contributed by atoms with Gasteiger partial charge in [0.05, 0.1) is 0 Å². The van der Waals surface area contributed by atoms with Crippen molar-refractivity contribution in [1.82, 2.24) is 4.90 Å². The van der Waals surface area contributed by atoms with Gasteiger partial charge in [-0.25, -0.2) is 4.79 Å². The number of carbonyl (C=O) groups is 1. The largest absolute Gasteiger partial charge is 0.482 e. The molecule has 3 aromatic rings. The van der Waals surface area contributed by atoms with E-state index in [1.54, 1.807) is 0 Å². The van der Waals surface area contributed by atoms with E-state index >= 15 is 0 Å². The van der Waals surface area contributed by atoms with E-state index in [2.05, 4.69) is 17.0 Å². The molecule has 0 N–H and O–H groups in total. The van der Waals surface area contributed by atoms with E-state index in [0.717, 1.165) is 23.6 Å². The first-order valence-electron chi connectivity index (χ1n) is 9.93. The topological polar surface area (TPSA) is 38.8 Å². The SMILES string of the molecule is CN(CCOC(=O)COc1ccc(Cc2ccc(Cl)cc2)cc1)Cc1ccccc1. The Kier molecular flexibility index (Phi) is 8.30. The molecule has 0 heterocycles. The molecule has 30 heavy (non-hydrogen) atoms. The van der Waals surface area contributed by atoms with E-state index < -0.39 is 0 Å². The molecule has 4 nitrogen and oxygen atoms in total. The number of esters is 1. The molecular formula is C25H26ClNO3. The number of hydrogen-bond acceptors (Lipinski definition) is 4. The molecule has 156 valence electrons. The molecule has 0 saturated heterocycles. The van der Waals surface area contributed by atoms with Crippen molar-refractivity contribution < 1.29 is 14.3 Å². The van der Waals surface area contributed by atoms with E-state index in [9.17, 15) is 4.79 Å². The Morgan fingerprint density at radius 3 is 2.17 bits per heavy atom. The normalized spacial score (nSPS) is 10.8. The number of nitrogens with zero attached hydrogens (tertiary/aromatic N) is 1. The summed E-state index contributed by atoms with van der Waals surface area (Å²) in [6.07, 6.45) is 0.815. The molecule has 0 radical (unpaired) electrons. The highest BCUT2D eigenvalue weighted by Crippen LogP contribution is 2.17. The minimum atomic E-state index is -0.367. The van der Waals surface area contributed by atoms with Crippen molar-refractivity contribution in [1.29, 1.82) is 0 Å². The minimum absolute atomic E-state index is 0.0983. The Balaban J connectivity index is 1.34. The number of halogens is 1. The maximum Gasteiger partial charge on any atom is 0.344 e. The Morgan fingerprint density at radius 1 is 0.867 bits per heavy atom. The van der Waals surface area contributed by atoms with Gasteiger partial charge in [-0.1, -0.05) is 66.2 Å². The summed E-state index contributed by atoms with van der Waals surface area (Å²) in [4.78, 5) is 14.0. The first kappa shape index (κ1) is 21.9. The molecule has 0 spiro atoms. The van der Waals surface area contributed by atoms with E-state index in [-0.39, 0.29) is 12.6 Å². The Bertz CT molecular complexity index is 911. The van der Waals surface area contributed by atoms with Crippen LogP contribution in [0.25, 0.3) is 0 Å². The number of likely N-dealkylation sites (N-methyl/N-ethyl adjacent to an activating group) is 1. The smallest absolute Gasteiger partial charge is 0.344 e. The highest BCUT2D eigenvalue weighted by Gasteiger charge is 2.06. The average Bonchev–Trinajstić information content (AvgIpc) is 2.75. The lowest BCUT2D eigenvalue weighted by atomic mass is 10.1. The van der Waals surface area contributed by atoms with Crippen LogP contribution in [0.5, 0.6) is 5.75 Å². The molecule has 0 fully saturated rings.